The molecule has 0 aliphatic rings. The Labute approximate surface area is 116 Å². The van der Waals surface area contributed by atoms with Gasteiger partial charge in [-0.05, 0) is 30.1 Å². The molecule has 1 unspecified atom stereocenters. The van der Waals surface area contributed by atoms with Crippen molar-refractivity contribution in [1.82, 2.24) is 4.90 Å². The highest BCUT2D eigenvalue weighted by molar-refractivity contribution is 7.10. The standard InChI is InChI=1S/C13H19NO4S/c1-14(7-11(15)9-18-2)8-12-10(5-6-19-12)3-4-13(16)17/h3-6,11,15H,7-9H2,1-2H3,(H,16,17). The molecule has 1 aromatic heterocycles. The molecule has 0 saturated carbocycles. The summed E-state index contributed by atoms with van der Waals surface area (Å²) in [6.45, 7) is 1.48. The maximum absolute atomic E-state index is 10.5. The number of carbonyl (C=O) groups is 1. The van der Waals surface area contributed by atoms with E-state index in [4.69, 9.17) is 9.84 Å². The quantitative estimate of drug-likeness (QED) is 0.704. The molecule has 6 heteroatoms. The lowest BCUT2D eigenvalue weighted by atomic mass is 10.2. The van der Waals surface area contributed by atoms with Gasteiger partial charge in [0.15, 0.2) is 0 Å². The van der Waals surface area contributed by atoms with Crippen molar-refractivity contribution in [2.24, 2.45) is 0 Å². The molecule has 0 saturated heterocycles. The summed E-state index contributed by atoms with van der Waals surface area (Å²) in [7, 11) is 3.46. The van der Waals surface area contributed by atoms with Gasteiger partial charge >= 0.3 is 5.97 Å². The van der Waals surface area contributed by atoms with Gasteiger partial charge in [0.25, 0.3) is 0 Å². The third-order valence-electron chi connectivity index (χ3n) is 2.48. The van der Waals surface area contributed by atoms with Crippen molar-refractivity contribution in [3.63, 3.8) is 0 Å². The number of thiophene rings is 1. The average Bonchev–Trinajstić information content (AvgIpc) is 2.73. The van der Waals surface area contributed by atoms with Crippen molar-refractivity contribution in [3.05, 3.63) is 28.0 Å². The molecule has 0 amide bonds. The van der Waals surface area contributed by atoms with E-state index >= 15 is 0 Å². The molecule has 1 aromatic rings. The van der Waals surface area contributed by atoms with Crippen LogP contribution in [-0.2, 0) is 16.1 Å². The molecule has 19 heavy (non-hydrogen) atoms. The second-order valence-corrected chi connectivity index (χ2v) is 5.28. The van der Waals surface area contributed by atoms with Gasteiger partial charge in [-0.25, -0.2) is 4.79 Å². The molecule has 0 fully saturated rings. The number of ether oxygens (including phenoxy) is 1. The number of likely N-dealkylation sites (N-methyl/N-ethyl adjacent to an activating group) is 1. The number of hydrogen-bond donors (Lipinski definition) is 2. The summed E-state index contributed by atoms with van der Waals surface area (Å²) < 4.78 is 4.88. The number of nitrogens with zero attached hydrogens (tertiary/aromatic N) is 1. The van der Waals surface area contributed by atoms with Crippen LogP contribution in [0.2, 0.25) is 0 Å². The van der Waals surface area contributed by atoms with Crippen LogP contribution in [0.3, 0.4) is 0 Å². The number of aliphatic hydroxyl groups excluding tert-OH is 1. The number of carboxylic acids is 1. The fourth-order valence-corrected chi connectivity index (χ4v) is 2.65. The first-order valence-electron chi connectivity index (χ1n) is 5.86. The summed E-state index contributed by atoms with van der Waals surface area (Å²) in [6, 6.07) is 1.89. The largest absolute Gasteiger partial charge is 0.478 e. The second-order valence-electron chi connectivity index (χ2n) is 4.28. The van der Waals surface area contributed by atoms with Crippen LogP contribution in [0, 0.1) is 0 Å². The highest BCUT2D eigenvalue weighted by Gasteiger charge is 2.10. The second kappa shape index (κ2) is 8.06. The Kier molecular flexibility index (Phi) is 6.72. The molecule has 1 rings (SSSR count). The maximum Gasteiger partial charge on any atom is 0.328 e. The first kappa shape index (κ1) is 15.8. The number of aliphatic hydroxyl groups is 1. The van der Waals surface area contributed by atoms with Crippen molar-refractivity contribution >= 4 is 23.4 Å². The van der Waals surface area contributed by atoms with Crippen LogP contribution in [0.5, 0.6) is 0 Å². The minimum Gasteiger partial charge on any atom is -0.478 e. The summed E-state index contributed by atoms with van der Waals surface area (Å²) in [5.41, 5.74) is 0.903. The number of methoxy groups -OCH3 is 1. The fourth-order valence-electron chi connectivity index (χ4n) is 1.70. The van der Waals surface area contributed by atoms with Gasteiger partial charge in [-0.15, -0.1) is 11.3 Å². The number of hydrogen-bond acceptors (Lipinski definition) is 5. The van der Waals surface area contributed by atoms with E-state index in [1.54, 1.807) is 24.5 Å². The molecule has 2 N–H and O–H groups in total. The van der Waals surface area contributed by atoms with E-state index in [1.165, 1.54) is 0 Å². The molecule has 0 radical (unpaired) electrons. The van der Waals surface area contributed by atoms with Crippen LogP contribution in [0.25, 0.3) is 6.08 Å². The lowest BCUT2D eigenvalue weighted by Crippen LogP contribution is -2.31. The normalized spacial score (nSPS) is 13.3. The van der Waals surface area contributed by atoms with E-state index in [2.05, 4.69) is 0 Å². The molecule has 0 aliphatic heterocycles. The fraction of sp³-hybridized carbons (Fsp3) is 0.462. The lowest BCUT2D eigenvalue weighted by molar-refractivity contribution is -0.131. The Bertz CT molecular complexity index is 430. The molecule has 106 valence electrons. The summed E-state index contributed by atoms with van der Waals surface area (Å²) >= 11 is 1.57. The van der Waals surface area contributed by atoms with E-state index in [0.717, 1.165) is 16.5 Å². The molecule has 1 atom stereocenters. The summed E-state index contributed by atoms with van der Waals surface area (Å²) in [5.74, 6) is -0.957. The third-order valence-corrected chi connectivity index (χ3v) is 3.40. The molecule has 0 spiro atoms. The van der Waals surface area contributed by atoms with Crippen LogP contribution >= 0.6 is 11.3 Å². The van der Waals surface area contributed by atoms with E-state index in [9.17, 15) is 9.90 Å². The average molecular weight is 285 g/mol. The molecular formula is C13H19NO4S. The lowest BCUT2D eigenvalue weighted by Gasteiger charge is -2.19. The predicted octanol–water partition coefficient (Wildman–Crippen LogP) is 1.29. The minimum atomic E-state index is -0.957. The number of rotatable bonds is 8. The van der Waals surface area contributed by atoms with Crippen LogP contribution in [0.4, 0.5) is 0 Å². The van der Waals surface area contributed by atoms with E-state index in [-0.39, 0.29) is 0 Å². The summed E-state index contributed by atoms with van der Waals surface area (Å²) in [6.07, 6.45) is 2.20. The number of carboxylic acid groups (broad SMARTS) is 1. The van der Waals surface area contributed by atoms with Crippen LogP contribution in [0.1, 0.15) is 10.4 Å². The zero-order chi connectivity index (χ0) is 14.3. The van der Waals surface area contributed by atoms with Gasteiger partial charge in [-0.3, -0.25) is 4.90 Å². The Balaban J connectivity index is 2.57. The zero-order valence-electron chi connectivity index (χ0n) is 11.1. The molecule has 5 nitrogen and oxygen atoms in total. The Morgan fingerprint density at radius 2 is 2.37 bits per heavy atom. The summed E-state index contributed by atoms with van der Waals surface area (Å²) in [4.78, 5) is 13.6. The maximum atomic E-state index is 10.5. The van der Waals surface area contributed by atoms with Gasteiger partial charge in [-0.2, -0.15) is 0 Å². The van der Waals surface area contributed by atoms with Crippen LogP contribution < -0.4 is 0 Å². The Morgan fingerprint density at radius 1 is 1.63 bits per heavy atom. The van der Waals surface area contributed by atoms with Gasteiger partial charge in [0, 0.05) is 31.2 Å². The zero-order valence-corrected chi connectivity index (χ0v) is 11.9. The van der Waals surface area contributed by atoms with E-state index < -0.39 is 12.1 Å². The van der Waals surface area contributed by atoms with Gasteiger partial charge in [0.05, 0.1) is 12.7 Å². The Hall–Kier alpha value is -1.21. The minimum absolute atomic E-state index is 0.306. The first-order chi connectivity index (χ1) is 9.02. The highest BCUT2D eigenvalue weighted by atomic mass is 32.1. The first-order valence-corrected chi connectivity index (χ1v) is 6.73. The third kappa shape index (κ3) is 5.98. The number of aliphatic carboxylic acids is 1. The van der Waals surface area contributed by atoms with E-state index in [1.807, 2.05) is 23.4 Å². The van der Waals surface area contributed by atoms with Crippen molar-refractivity contribution in [2.75, 3.05) is 27.3 Å². The summed E-state index contributed by atoms with van der Waals surface area (Å²) in [5, 5.41) is 20.2. The topological polar surface area (TPSA) is 70.0 Å². The molecule has 1 heterocycles. The van der Waals surface area contributed by atoms with Crippen molar-refractivity contribution < 1.29 is 19.7 Å². The van der Waals surface area contributed by atoms with Crippen molar-refractivity contribution in [3.8, 4) is 0 Å². The van der Waals surface area contributed by atoms with Gasteiger partial charge in [-0.1, -0.05) is 0 Å². The predicted molar refractivity (Wildman–Crippen MR) is 75.2 cm³/mol. The monoisotopic (exact) mass is 285 g/mol. The van der Waals surface area contributed by atoms with Gasteiger partial charge in [0.1, 0.15) is 0 Å². The van der Waals surface area contributed by atoms with Crippen LogP contribution in [0.15, 0.2) is 17.5 Å². The van der Waals surface area contributed by atoms with Crippen molar-refractivity contribution in [1.29, 1.82) is 0 Å². The molecule has 0 aliphatic carbocycles. The van der Waals surface area contributed by atoms with Gasteiger partial charge < -0.3 is 14.9 Å². The van der Waals surface area contributed by atoms with Crippen LogP contribution in [-0.4, -0.2) is 54.5 Å². The smallest absolute Gasteiger partial charge is 0.328 e. The SMILES string of the molecule is COCC(O)CN(C)Cc1sccc1C=CC(=O)O. The molecule has 0 aromatic carbocycles. The highest BCUT2D eigenvalue weighted by Crippen LogP contribution is 2.20. The van der Waals surface area contributed by atoms with Gasteiger partial charge in [0.2, 0.25) is 0 Å². The Morgan fingerprint density at radius 3 is 3.00 bits per heavy atom. The van der Waals surface area contributed by atoms with Crippen molar-refractivity contribution in [2.45, 2.75) is 12.6 Å². The molecule has 0 bridgehead atoms. The molecular weight excluding hydrogens is 266 g/mol. The van der Waals surface area contributed by atoms with E-state index in [0.29, 0.717) is 19.7 Å².